The minimum Gasteiger partial charge on any atom is -0.496 e. The molecule has 1 fully saturated rings. The molecule has 2 aromatic carbocycles. The van der Waals surface area contributed by atoms with E-state index < -0.39 is 5.82 Å². The summed E-state index contributed by atoms with van der Waals surface area (Å²) in [5.74, 6) is 0.645. The first-order chi connectivity index (χ1) is 14.9. The van der Waals surface area contributed by atoms with Gasteiger partial charge in [-0.05, 0) is 55.0 Å². The van der Waals surface area contributed by atoms with E-state index in [4.69, 9.17) is 22.1 Å². The number of nitrogens with one attached hydrogen (secondary N) is 1. The Hall–Kier alpha value is -3.06. The number of aromatic nitrogens is 2. The second-order valence-corrected chi connectivity index (χ2v) is 8.21. The lowest BCUT2D eigenvalue weighted by Crippen LogP contribution is -2.16. The molecular weight excluding hydrogens is 419 g/mol. The minimum atomic E-state index is -0.547. The summed E-state index contributed by atoms with van der Waals surface area (Å²) in [6, 6.07) is 12.1. The van der Waals surface area contributed by atoms with E-state index in [1.165, 1.54) is 28.4 Å². The monoisotopic (exact) mass is 442 g/mol. The summed E-state index contributed by atoms with van der Waals surface area (Å²) in [5, 5.41) is 7.27. The predicted molar refractivity (Wildman–Crippen MR) is 119 cm³/mol. The zero-order valence-corrected chi connectivity index (χ0v) is 18.1. The number of amides is 1. The van der Waals surface area contributed by atoms with Crippen molar-refractivity contribution in [1.82, 2.24) is 9.78 Å². The molecular formula is C23H24ClFN4O2. The number of aryl methyl sites for hydroxylation is 1. The fourth-order valence-corrected chi connectivity index (χ4v) is 4.54. The molecule has 1 aliphatic rings. The Labute approximate surface area is 185 Å². The van der Waals surface area contributed by atoms with Crippen molar-refractivity contribution in [2.24, 2.45) is 7.05 Å². The number of benzene rings is 2. The van der Waals surface area contributed by atoms with Gasteiger partial charge in [0.15, 0.2) is 0 Å². The van der Waals surface area contributed by atoms with Crippen LogP contribution in [0.2, 0.25) is 5.02 Å². The molecule has 6 nitrogen and oxygen atoms in total. The Morgan fingerprint density at radius 2 is 2.00 bits per heavy atom. The number of hydrogen-bond donors (Lipinski definition) is 2. The van der Waals surface area contributed by atoms with Crippen LogP contribution in [0.5, 0.6) is 5.75 Å². The first-order valence-corrected chi connectivity index (χ1v) is 10.5. The third-order valence-electron chi connectivity index (χ3n) is 5.92. The second kappa shape index (κ2) is 8.59. The number of ether oxygens (including phenoxy) is 1. The van der Waals surface area contributed by atoms with Gasteiger partial charge in [0.1, 0.15) is 22.9 Å². The summed E-state index contributed by atoms with van der Waals surface area (Å²) in [6.07, 6.45) is 2.71. The quantitative estimate of drug-likeness (QED) is 0.575. The minimum absolute atomic E-state index is 0.0624. The normalized spacial score (nSPS) is 18.2. The number of rotatable bonds is 5. The standard InChI is InChI=1S/C23H24ClFN4O2/c1-29-22(26)20(23(30)27-15-9-10-18(25)17(24)12-15)21(28-29)14-8-7-13(11-14)16-5-3-4-6-19(16)31-2/h3-6,9-10,12-14H,7-8,11,26H2,1-2H3,(H,27,30). The van der Waals surface area contributed by atoms with Gasteiger partial charge in [-0.25, -0.2) is 4.39 Å². The van der Waals surface area contributed by atoms with Gasteiger partial charge < -0.3 is 15.8 Å². The molecule has 0 bridgehead atoms. The van der Waals surface area contributed by atoms with Crippen molar-refractivity contribution in [3.8, 4) is 5.75 Å². The van der Waals surface area contributed by atoms with Gasteiger partial charge in [-0.2, -0.15) is 5.10 Å². The van der Waals surface area contributed by atoms with E-state index in [0.29, 0.717) is 28.7 Å². The van der Waals surface area contributed by atoms with Crippen LogP contribution in [-0.2, 0) is 7.05 Å². The zero-order valence-electron chi connectivity index (χ0n) is 17.4. The van der Waals surface area contributed by atoms with E-state index in [2.05, 4.69) is 16.5 Å². The van der Waals surface area contributed by atoms with Crippen LogP contribution in [0, 0.1) is 5.82 Å². The van der Waals surface area contributed by atoms with E-state index in [9.17, 15) is 9.18 Å². The van der Waals surface area contributed by atoms with Crippen LogP contribution < -0.4 is 15.8 Å². The number of nitrogens with two attached hydrogens (primary N) is 1. The number of hydrogen-bond acceptors (Lipinski definition) is 4. The summed E-state index contributed by atoms with van der Waals surface area (Å²) < 4.78 is 20.5. The fourth-order valence-electron chi connectivity index (χ4n) is 4.36. The van der Waals surface area contributed by atoms with Crippen LogP contribution in [0.15, 0.2) is 42.5 Å². The topological polar surface area (TPSA) is 82.2 Å². The molecule has 0 saturated heterocycles. The first kappa shape index (κ1) is 21.2. The van der Waals surface area contributed by atoms with Gasteiger partial charge in [0.05, 0.1) is 17.8 Å². The van der Waals surface area contributed by atoms with E-state index in [1.54, 1.807) is 14.2 Å². The molecule has 1 amide bonds. The smallest absolute Gasteiger partial charge is 0.261 e. The molecule has 0 radical (unpaired) electrons. The summed E-state index contributed by atoms with van der Waals surface area (Å²) in [4.78, 5) is 13.1. The second-order valence-electron chi connectivity index (χ2n) is 7.80. The van der Waals surface area contributed by atoms with Crippen molar-refractivity contribution in [3.05, 3.63) is 70.1 Å². The number of nitrogen functional groups attached to an aromatic ring is 1. The summed E-state index contributed by atoms with van der Waals surface area (Å²) in [7, 11) is 3.39. The van der Waals surface area contributed by atoms with Gasteiger partial charge in [-0.1, -0.05) is 29.8 Å². The van der Waals surface area contributed by atoms with Crippen LogP contribution in [-0.4, -0.2) is 22.8 Å². The number of anilines is 2. The maximum absolute atomic E-state index is 13.4. The van der Waals surface area contributed by atoms with Crippen molar-refractivity contribution in [2.45, 2.75) is 31.1 Å². The number of nitrogens with zero attached hydrogens (tertiary/aromatic N) is 2. The number of methoxy groups -OCH3 is 1. The number of carbonyl (C=O) groups excluding carboxylic acids is 1. The van der Waals surface area contributed by atoms with Crippen molar-refractivity contribution >= 4 is 29.0 Å². The number of para-hydroxylation sites is 1. The van der Waals surface area contributed by atoms with E-state index in [0.717, 1.165) is 25.0 Å². The van der Waals surface area contributed by atoms with Gasteiger partial charge in [-0.15, -0.1) is 0 Å². The van der Waals surface area contributed by atoms with Crippen LogP contribution in [0.3, 0.4) is 0 Å². The first-order valence-electron chi connectivity index (χ1n) is 10.1. The van der Waals surface area contributed by atoms with E-state index in [1.807, 2.05) is 18.2 Å². The van der Waals surface area contributed by atoms with Crippen molar-refractivity contribution in [1.29, 1.82) is 0 Å². The third kappa shape index (κ3) is 4.10. The summed E-state index contributed by atoms with van der Waals surface area (Å²) in [5.41, 5.74) is 8.81. The predicted octanol–water partition coefficient (Wildman–Crippen LogP) is 5.11. The molecule has 1 aromatic heterocycles. The lowest BCUT2D eigenvalue weighted by molar-refractivity contribution is 0.102. The lowest BCUT2D eigenvalue weighted by atomic mass is 9.93. The van der Waals surface area contributed by atoms with E-state index in [-0.39, 0.29) is 16.8 Å². The number of carbonyl (C=O) groups is 1. The van der Waals surface area contributed by atoms with Crippen molar-refractivity contribution in [3.63, 3.8) is 0 Å². The highest BCUT2D eigenvalue weighted by Crippen LogP contribution is 2.46. The highest BCUT2D eigenvalue weighted by Gasteiger charge is 2.34. The molecule has 3 aromatic rings. The maximum atomic E-state index is 13.4. The molecule has 2 unspecified atom stereocenters. The Balaban J connectivity index is 1.59. The Morgan fingerprint density at radius 3 is 2.74 bits per heavy atom. The molecule has 162 valence electrons. The van der Waals surface area contributed by atoms with E-state index >= 15 is 0 Å². The summed E-state index contributed by atoms with van der Waals surface area (Å²) >= 11 is 5.83. The molecule has 4 rings (SSSR count). The van der Waals surface area contributed by atoms with Crippen LogP contribution in [0.25, 0.3) is 0 Å². The van der Waals surface area contributed by atoms with Gasteiger partial charge in [-0.3, -0.25) is 9.48 Å². The van der Waals surface area contributed by atoms with Crippen LogP contribution in [0.1, 0.15) is 52.7 Å². The number of halogens is 2. The molecule has 31 heavy (non-hydrogen) atoms. The molecule has 3 N–H and O–H groups in total. The van der Waals surface area contributed by atoms with Crippen LogP contribution >= 0.6 is 11.6 Å². The Kier molecular flexibility index (Phi) is 5.87. The van der Waals surface area contributed by atoms with Gasteiger partial charge in [0.25, 0.3) is 5.91 Å². The van der Waals surface area contributed by atoms with Crippen molar-refractivity contribution in [2.75, 3.05) is 18.2 Å². The molecule has 1 aliphatic carbocycles. The Morgan fingerprint density at radius 1 is 1.26 bits per heavy atom. The molecule has 1 heterocycles. The molecule has 0 aliphatic heterocycles. The SMILES string of the molecule is COc1ccccc1C1CCC(c2nn(C)c(N)c2C(=O)Nc2ccc(F)c(Cl)c2)C1. The highest BCUT2D eigenvalue weighted by atomic mass is 35.5. The van der Waals surface area contributed by atoms with Crippen molar-refractivity contribution < 1.29 is 13.9 Å². The molecule has 8 heteroatoms. The lowest BCUT2D eigenvalue weighted by Gasteiger charge is -2.15. The molecule has 0 spiro atoms. The Bertz CT molecular complexity index is 1130. The summed E-state index contributed by atoms with van der Waals surface area (Å²) in [6.45, 7) is 0. The molecule has 2 atom stereocenters. The highest BCUT2D eigenvalue weighted by molar-refractivity contribution is 6.31. The van der Waals surface area contributed by atoms with Crippen LogP contribution in [0.4, 0.5) is 15.9 Å². The van der Waals surface area contributed by atoms with Gasteiger partial charge in [0, 0.05) is 18.7 Å². The van der Waals surface area contributed by atoms with Gasteiger partial charge >= 0.3 is 0 Å². The fraction of sp³-hybridized carbons (Fsp3) is 0.304. The maximum Gasteiger partial charge on any atom is 0.261 e. The average Bonchev–Trinajstić information content (AvgIpc) is 3.36. The molecule has 1 saturated carbocycles. The third-order valence-corrected chi connectivity index (χ3v) is 6.21. The average molecular weight is 443 g/mol. The largest absolute Gasteiger partial charge is 0.496 e. The van der Waals surface area contributed by atoms with Gasteiger partial charge in [0.2, 0.25) is 0 Å². The zero-order chi connectivity index (χ0) is 22.1.